The first kappa shape index (κ1) is 22.1. The van der Waals surface area contributed by atoms with E-state index in [1.165, 1.54) is 0 Å². The van der Waals surface area contributed by atoms with Gasteiger partial charge >= 0.3 is 6.09 Å². The first-order valence-electron chi connectivity index (χ1n) is 11.7. The average molecular weight is 452 g/mol. The Morgan fingerprint density at radius 2 is 1.68 bits per heavy atom. The van der Waals surface area contributed by atoms with E-state index in [0.29, 0.717) is 0 Å². The van der Waals surface area contributed by atoms with Gasteiger partial charge < -0.3 is 5.11 Å². The quantitative estimate of drug-likeness (QED) is 0.359. The van der Waals surface area contributed by atoms with Crippen molar-refractivity contribution in [3.8, 4) is 22.4 Å². The Bertz CT molecular complexity index is 1340. The fourth-order valence-electron chi connectivity index (χ4n) is 5.28. The van der Waals surface area contributed by atoms with Gasteiger partial charge in [0.1, 0.15) is 0 Å². The van der Waals surface area contributed by atoms with Crippen LogP contribution < -0.4 is 0 Å². The van der Waals surface area contributed by atoms with Gasteiger partial charge in [-0.25, -0.2) is 9.78 Å². The first-order chi connectivity index (χ1) is 16.3. The van der Waals surface area contributed by atoms with Crippen molar-refractivity contribution < 1.29 is 9.90 Å². The van der Waals surface area contributed by atoms with Crippen LogP contribution in [0.5, 0.6) is 0 Å². The number of hydrogen-bond donors (Lipinski definition) is 1. The standard InChI is InChI=1S/C29H29N3O2/c1-28(2,3)32(27(33)34)29(15-7-16-29)23-12-10-21(11-13-23)26-24(20-8-5-4-6-9-20)18-22-19-30-17-14-25(22)31-26/h4-6,8-14,17-19H,7,15-16H2,1-3H3,(H,33,34). The monoisotopic (exact) mass is 451 g/mol. The van der Waals surface area contributed by atoms with Crippen molar-refractivity contribution in [2.75, 3.05) is 0 Å². The van der Waals surface area contributed by atoms with E-state index >= 15 is 0 Å². The third kappa shape index (κ3) is 3.71. The number of rotatable bonds is 4. The molecule has 0 aliphatic heterocycles. The molecule has 0 atom stereocenters. The summed E-state index contributed by atoms with van der Waals surface area (Å²) >= 11 is 0. The molecule has 0 saturated heterocycles. The summed E-state index contributed by atoms with van der Waals surface area (Å²) in [5.41, 5.74) is 5.04. The number of aromatic nitrogens is 2. The molecule has 0 bridgehead atoms. The zero-order valence-corrected chi connectivity index (χ0v) is 19.8. The van der Waals surface area contributed by atoms with Crippen LogP contribution in [0.4, 0.5) is 4.79 Å². The van der Waals surface area contributed by atoms with Gasteiger partial charge in [0.25, 0.3) is 0 Å². The normalized spacial score (nSPS) is 15.0. The molecule has 1 N–H and O–H groups in total. The lowest BCUT2D eigenvalue weighted by molar-refractivity contribution is -0.0327. The Hall–Kier alpha value is -3.73. The molecule has 34 heavy (non-hydrogen) atoms. The van der Waals surface area contributed by atoms with Crippen molar-refractivity contribution in [1.82, 2.24) is 14.9 Å². The maximum atomic E-state index is 12.3. The van der Waals surface area contributed by atoms with Crippen molar-refractivity contribution in [1.29, 1.82) is 0 Å². The van der Waals surface area contributed by atoms with E-state index in [0.717, 1.165) is 58.1 Å². The number of carboxylic acid groups (broad SMARTS) is 1. The minimum absolute atomic E-state index is 0.479. The Morgan fingerprint density at radius 3 is 2.26 bits per heavy atom. The second-order valence-electron chi connectivity index (χ2n) is 10.1. The van der Waals surface area contributed by atoms with Gasteiger partial charge in [-0.15, -0.1) is 0 Å². The molecule has 1 fully saturated rings. The Morgan fingerprint density at radius 1 is 0.971 bits per heavy atom. The highest BCUT2D eigenvalue weighted by molar-refractivity contribution is 5.91. The van der Waals surface area contributed by atoms with Crippen LogP contribution in [0.3, 0.4) is 0 Å². The lowest BCUT2D eigenvalue weighted by Crippen LogP contribution is -2.60. The number of carbonyl (C=O) groups is 1. The van der Waals surface area contributed by atoms with Crippen molar-refractivity contribution in [3.05, 3.63) is 84.7 Å². The molecule has 4 aromatic rings. The fraction of sp³-hybridized carbons (Fsp3) is 0.276. The first-order valence-corrected chi connectivity index (χ1v) is 11.7. The predicted molar refractivity (Wildman–Crippen MR) is 136 cm³/mol. The molecule has 5 rings (SSSR count). The SMILES string of the molecule is CC(C)(C)N(C(=O)O)C1(c2ccc(-c3nc4ccncc4cc3-c3ccccc3)cc2)CCC1. The van der Waals surface area contributed by atoms with Gasteiger partial charge in [-0.1, -0.05) is 54.6 Å². The maximum absolute atomic E-state index is 12.3. The molecule has 1 aliphatic carbocycles. The average Bonchev–Trinajstić information content (AvgIpc) is 2.80. The molecule has 1 aliphatic rings. The Labute approximate surface area is 200 Å². The minimum atomic E-state index is -0.868. The van der Waals surface area contributed by atoms with Crippen LogP contribution in [0.1, 0.15) is 45.6 Å². The van der Waals surface area contributed by atoms with Gasteiger partial charge in [0.2, 0.25) is 0 Å². The molecule has 1 amide bonds. The van der Waals surface area contributed by atoms with Gasteiger partial charge in [0.05, 0.1) is 16.7 Å². The van der Waals surface area contributed by atoms with Crippen molar-refractivity contribution >= 4 is 17.0 Å². The number of nitrogens with zero attached hydrogens (tertiary/aromatic N) is 3. The van der Waals surface area contributed by atoms with E-state index in [4.69, 9.17) is 4.98 Å². The van der Waals surface area contributed by atoms with Crippen LogP contribution in [0, 0.1) is 0 Å². The largest absolute Gasteiger partial charge is 0.465 e. The Kier molecular flexibility index (Phi) is 5.35. The molecule has 2 heterocycles. The van der Waals surface area contributed by atoms with Crippen LogP contribution in [0.25, 0.3) is 33.3 Å². The van der Waals surface area contributed by atoms with E-state index < -0.39 is 17.2 Å². The van der Waals surface area contributed by atoms with E-state index in [2.05, 4.69) is 47.4 Å². The highest BCUT2D eigenvalue weighted by Crippen LogP contribution is 2.49. The molecule has 5 heteroatoms. The van der Waals surface area contributed by atoms with Gasteiger partial charge in [0.15, 0.2) is 0 Å². The molecule has 0 unspecified atom stereocenters. The summed E-state index contributed by atoms with van der Waals surface area (Å²) in [5.74, 6) is 0. The smallest absolute Gasteiger partial charge is 0.408 e. The topological polar surface area (TPSA) is 66.3 Å². The molecule has 172 valence electrons. The van der Waals surface area contributed by atoms with E-state index in [1.807, 2.05) is 51.2 Å². The second kappa shape index (κ2) is 8.24. The van der Waals surface area contributed by atoms with Gasteiger partial charge in [-0.3, -0.25) is 9.88 Å². The minimum Gasteiger partial charge on any atom is -0.465 e. The van der Waals surface area contributed by atoms with Gasteiger partial charge in [-0.2, -0.15) is 0 Å². The van der Waals surface area contributed by atoms with Crippen LogP contribution >= 0.6 is 0 Å². The third-order valence-electron chi connectivity index (χ3n) is 6.87. The zero-order chi connectivity index (χ0) is 23.9. The van der Waals surface area contributed by atoms with Crippen molar-refractivity contribution in [2.24, 2.45) is 0 Å². The zero-order valence-electron chi connectivity index (χ0n) is 19.8. The summed E-state index contributed by atoms with van der Waals surface area (Å²) in [5, 5.41) is 11.1. The molecular formula is C29H29N3O2. The fourth-order valence-corrected chi connectivity index (χ4v) is 5.28. The summed E-state index contributed by atoms with van der Waals surface area (Å²) in [6.07, 6.45) is 5.44. The maximum Gasteiger partial charge on any atom is 0.408 e. The van der Waals surface area contributed by atoms with Crippen LogP contribution in [0.2, 0.25) is 0 Å². The Balaban J connectivity index is 1.62. The summed E-state index contributed by atoms with van der Waals surface area (Å²) < 4.78 is 0. The summed E-state index contributed by atoms with van der Waals surface area (Å²) in [6.45, 7) is 5.90. The molecule has 1 saturated carbocycles. The molecule has 2 aromatic carbocycles. The number of fused-ring (bicyclic) bond motifs is 1. The van der Waals surface area contributed by atoms with Crippen LogP contribution in [0.15, 0.2) is 79.1 Å². The lowest BCUT2D eigenvalue weighted by atomic mass is 9.69. The number of amides is 1. The lowest BCUT2D eigenvalue weighted by Gasteiger charge is -2.54. The van der Waals surface area contributed by atoms with Gasteiger partial charge in [-0.05, 0) is 63.3 Å². The number of pyridine rings is 2. The molecule has 2 aromatic heterocycles. The van der Waals surface area contributed by atoms with Crippen molar-refractivity contribution in [3.63, 3.8) is 0 Å². The summed E-state index contributed by atoms with van der Waals surface area (Å²) in [4.78, 5) is 23.2. The highest BCUT2D eigenvalue weighted by atomic mass is 16.4. The molecular weight excluding hydrogens is 422 g/mol. The molecule has 0 spiro atoms. The van der Waals surface area contributed by atoms with E-state index in [9.17, 15) is 9.90 Å². The van der Waals surface area contributed by atoms with Crippen molar-refractivity contribution in [2.45, 2.75) is 51.1 Å². The third-order valence-corrected chi connectivity index (χ3v) is 6.87. The van der Waals surface area contributed by atoms with Gasteiger partial charge in [0, 0.05) is 34.4 Å². The number of hydrogen-bond acceptors (Lipinski definition) is 3. The van der Waals surface area contributed by atoms with E-state index in [-0.39, 0.29) is 0 Å². The summed E-state index contributed by atoms with van der Waals surface area (Å²) in [7, 11) is 0. The predicted octanol–water partition coefficient (Wildman–Crippen LogP) is 7.12. The van der Waals surface area contributed by atoms with E-state index in [1.54, 1.807) is 11.1 Å². The summed E-state index contributed by atoms with van der Waals surface area (Å²) in [6, 6.07) is 22.7. The molecule has 5 nitrogen and oxygen atoms in total. The van der Waals surface area contributed by atoms with Crippen LogP contribution in [-0.2, 0) is 5.54 Å². The molecule has 0 radical (unpaired) electrons. The highest BCUT2D eigenvalue weighted by Gasteiger charge is 2.50. The van der Waals surface area contributed by atoms with Crippen LogP contribution in [-0.4, -0.2) is 31.6 Å². The second-order valence-corrected chi connectivity index (χ2v) is 10.1. The number of benzene rings is 2.